The molecule has 0 saturated heterocycles. The van der Waals surface area contributed by atoms with Gasteiger partial charge in [0.2, 0.25) is 0 Å². The van der Waals surface area contributed by atoms with E-state index < -0.39 is 36.5 Å². The molecule has 0 spiro atoms. The Kier molecular flexibility index (Phi) is 8.16. The number of hydrogen-bond donors (Lipinski definition) is 1. The third-order valence-corrected chi connectivity index (χ3v) is 4.13. The van der Waals surface area contributed by atoms with Gasteiger partial charge in [0.15, 0.2) is 0 Å². The van der Waals surface area contributed by atoms with E-state index in [2.05, 4.69) is 4.74 Å². The summed E-state index contributed by atoms with van der Waals surface area (Å²) in [6.07, 6.45) is 0.435. The van der Waals surface area contributed by atoms with Crippen LogP contribution in [0.4, 0.5) is 0 Å². The molecule has 0 bridgehead atoms. The lowest BCUT2D eigenvalue weighted by atomic mass is 9.99. The van der Waals surface area contributed by atoms with Crippen LogP contribution in [0.3, 0.4) is 0 Å². The summed E-state index contributed by atoms with van der Waals surface area (Å²) in [7, 11) is 0. The van der Waals surface area contributed by atoms with E-state index in [0.717, 1.165) is 0 Å². The van der Waals surface area contributed by atoms with E-state index in [0.29, 0.717) is 18.6 Å². The molecule has 0 amide bonds. The molecule has 1 aliphatic heterocycles. The Labute approximate surface area is 177 Å². The first-order valence-corrected chi connectivity index (χ1v) is 9.34. The van der Waals surface area contributed by atoms with E-state index in [1.54, 1.807) is 26.0 Å². The molecule has 9 nitrogen and oxygen atoms in total. The van der Waals surface area contributed by atoms with Crippen LogP contribution in [-0.2, 0) is 25.4 Å². The Morgan fingerprint density at radius 2 is 1.32 bits per heavy atom. The summed E-state index contributed by atoms with van der Waals surface area (Å²) in [4.78, 5) is 59.1. The number of benzene rings is 2. The lowest BCUT2D eigenvalue weighted by Gasteiger charge is -2.15. The maximum Gasteiger partial charge on any atom is 0.347 e. The molecule has 1 heterocycles. The molecule has 162 valence electrons. The Hall–Kier alpha value is -3.85. The van der Waals surface area contributed by atoms with Gasteiger partial charge in [-0.25, -0.2) is 24.0 Å². The Bertz CT molecular complexity index is 1020. The minimum absolute atomic E-state index is 0.0643. The van der Waals surface area contributed by atoms with Crippen molar-refractivity contribution in [1.82, 2.24) is 0 Å². The molecule has 2 aromatic rings. The van der Waals surface area contributed by atoms with Crippen LogP contribution in [0.25, 0.3) is 0 Å². The van der Waals surface area contributed by atoms with Crippen molar-refractivity contribution in [3.8, 4) is 0 Å². The van der Waals surface area contributed by atoms with Crippen molar-refractivity contribution in [1.29, 1.82) is 0 Å². The molecule has 0 radical (unpaired) electrons. The maximum atomic E-state index is 12.4. The standard InChI is InChI=1S/C18H12O6.C4H8O3/c1-2-10-6-5-9-13-14(10)18(22)24-16(20)12-8-4-3-7-11(12)15(19)23-17(13)21;1-2-7-4(6)3-5/h3-9H,2H2,1H3;5H,2-3H2,1H3. The van der Waals surface area contributed by atoms with Crippen molar-refractivity contribution >= 4 is 29.8 Å². The Morgan fingerprint density at radius 3 is 1.81 bits per heavy atom. The molecular weight excluding hydrogens is 408 g/mol. The molecule has 0 saturated carbocycles. The summed E-state index contributed by atoms with van der Waals surface area (Å²) >= 11 is 0. The van der Waals surface area contributed by atoms with Crippen molar-refractivity contribution in [2.75, 3.05) is 13.2 Å². The van der Waals surface area contributed by atoms with Crippen LogP contribution in [-0.4, -0.2) is 48.2 Å². The molecular formula is C22H20O9. The normalized spacial score (nSPS) is 13.0. The number of carbonyl (C=O) groups excluding carboxylic acids is 5. The number of ether oxygens (including phenoxy) is 3. The van der Waals surface area contributed by atoms with Crippen LogP contribution < -0.4 is 0 Å². The van der Waals surface area contributed by atoms with Crippen LogP contribution >= 0.6 is 0 Å². The Balaban J connectivity index is 0.000000423. The van der Waals surface area contributed by atoms with Gasteiger partial charge >= 0.3 is 29.8 Å². The van der Waals surface area contributed by atoms with E-state index in [9.17, 15) is 24.0 Å². The van der Waals surface area contributed by atoms with Gasteiger partial charge in [0.1, 0.15) is 6.61 Å². The van der Waals surface area contributed by atoms with Gasteiger partial charge in [0.25, 0.3) is 0 Å². The van der Waals surface area contributed by atoms with Gasteiger partial charge in [-0.15, -0.1) is 0 Å². The number of hydrogen-bond acceptors (Lipinski definition) is 9. The van der Waals surface area contributed by atoms with Crippen molar-refractivity contribution in [2.45, 2.75) is 20.3 Å². The average molecular weight is 428 g/mol. The first-order valence-electron chi connectivity index (χ1n) is 9.34. The van der Waals surface area contributed by atoms with Crippen LogP contribution in [0.15, 0.2) is 42.5 Å². The van der Waals surface area contributed by atoms with Crippen molar-refractivity contribution < 1.29 is 43.3 Å². The molecule has 0 fully saturated rings. The van der Waals surface area contributed by atoms with Gasteiger partial charge in [-0.3, -0.25) is 0 Å². The average Bonchev–Trinajstić information content (AvgIpc) is 2.78. The van der Waals surface area contributed by atoms with Crippen LogP contribution in [0, 0.1) is 0 Å². The SMILES string of the molecule is CCOC(=O)CO.CCc1cccc2c1C(=O)OC(=O)c1ccccc1C(=O)OC2=O. The number of rotatable bonds is 3. The van der Waals surface area contributed by atoms with Crippen LogP contribution in [0.5, 0.6) is 0 Å². The number of aliphatic hydroxyl groups excluding tert-OH is 1. The van der Waals surface area contributed by atoms with Gasteiger partial charge in [-0.2, -0.15) is 0 Å². The largest absolute Gasteiger partial charge is 0.464 e. The highest BCUT2D eigenvalue weighted by atomic mass is 16.6. The molecule has 2 aromatic carbocycles. The lowest BCUT2D eigenvalue weighted by Crippen LogP contribution is -2.25. The fourth-order valence-corrected chi connectivity index (χ4v) is 2.74. The van der Waals surface area contributed by atoms with Crippen molar-refractivity contribution in [3.05, 3.63) is 70.3 Å². The zero-order valence-electron chi connectivity index (χ0n) is 16.9. The predicted octanol–water partition coefficient (Wildman–Crippen LogP) is 2.10. The Morgan fingerprint density at radius 1 is 0.806 bits per heavy atom. The number of esters is 5. The summed E-state index contributed by atoms with van der Waals surface area (Å²) < 4.78 is 14.0. The second-order valence-corrected chi connectivity index (χ2v) is 6.06. The van der Waals surface area contributed by atoms with Gasteiger partial charge in [-0.05, 0) is 37.1 Å². The second-order valence-electron chi connectivity index (χ2n) is 6.06. The van der Waals surface area contributed by atoms with Crippen LogP contribution in [0.2, 0.25) is 0 Å². The number of carbonyl (C=O) groups is 5. The molecule has 0 unspecified atom stereocenters. The summed E-state index contributed by atoms with van der Waals surface area (Å²) in [5, 5.41) is 7.99. The van der Waals surface area contributed by atoms with Crippen LogP contribution in [0.1, 0.15) is 60.8 Å². The highest BCUT2D eigenvalue weighted by Crippen LogP contribution is 2.22. The minimum Gasteiger partial charge on any atom is -0.464 e. The highest BCUT2D eigenvalue weighted by Gasteiger charge is 2.30. The zero-order valence-corrected chi connectivity index (χ0v) is 16.9. The van der Waals surface area contributed by atoms with E-state index >= 15 is 0 Å². The lowest BCUT2D eigenvalue weighted by molar-refractivity contribution is -0.146. The monoisotopic (exact) mass is 428 g/mol. The quantitative estimate of drug-likeness (QED) is 0.443. The molecule has 0 aliphatic carbocycles. The molecule has 0 aromatic heterocycles. The first kappa shape index (κ1) is 23.4. The third-order valence-electron chi connectivity index (χ3n) is 4.13. The molecule has 1 aliphatic rings. The predicted molar refractivity (Wildman–Crippen MR) is 105 cm³/mol. The van der Waals surface area contributed by atoms with E-state index in [1.165, 1.54) is 30.3 Å². The third kappa shape index (κ3) is 5.61. The zero-order chi connectivity index (χ0) is 23.0. The number of aryl methyl sites for hydroxylation is 1. The molecule has 3 rings (SSSR count). The van der Waals surface area contributed by atoms with Gasteiger partial charge < -0.3 is 19.3 Å². The summed E-state index contributed by atoms with van der Waals surface area (Å²) in [5.74, 6) is -4.43. The number of fused-ring (bicyclic) bond motifs is 2. The summed E-state index contributed by atoms with van der Waals surface area (Å²) in [6.45, 7) is 3.29. The van der Waals surface area contributed by atoms with Crippen molar-refractivity contribution in [3.63, 3.8) is 0 Å². The first-order chi connectivity index (χ1) is 14.8. The minimum atomic E-state index is -0.977. The second kappa shape index (κ2) is 10.8. The molecule has 9 heteroatoms. The number of aliphatic hydroxyl groups is 1. The maximum absolute atomic E-state index is 12.4. The summed E-state index contributed by atoms with van der Waals surface area (Å²) in [5.41, 5.74) is 0.0637. The van der Waals surface area contributed by atoms with Gasteiger partial charge in [-0.1, -0.05) is 31.2 Å². The fourth-order valence-electron chi connectivity index (χ4n) is 2.74. The fraction of sp³-hybridized carbons (Fsp3) is 0.227. The van der Waals surface area contributed by atoms with E-state index in [4.69, 9.17) is 14.6 Å². The molecule has 0 atom stereocenters. The van der Waals surface area contributed by atoms with E-state index in [1.807, 2.05) is 0 Å². The molecule has 31 heavy (non-hydrogen) atoms. The smallest absolute Gasteiger partial charge is 0.347 e. The highest BCUT2D eigenvalue weighted by molar-refractivity contribution is 6.15. The topological polar surface area (TPSA) is 133 Å². The number of cyclic esters (lactones) is 4. The van der Waals surface area contributed by atoms with Gasteiger partial charge in [0, 0.05) is 0 Å². The molecule has 1 N–H and O–H groups in total. The van der Waals surface area contributed by atoms with Gasteiger partial charge in [0.05, 0.1) is 28.9 Å². The summed E-state index contributed by atoms with van der Waals surface area (Å²) in [6, 6.07) is 10.2. The van der Waals surface area contributed by atoms with E-state index in [-0.39, 0.29) is 22.3 Å². The van der Waals surface area contributed by atoms with Crippen molar-refractivity contribution in [2.24, 2.45) is 0 Å².